The highest BCUT2D eigenvalue weighted by Crippen LogP contribution is 2.20. The van der Waals surface area contributed by atoms with Crippen LogP contribution < -0.4 is 5.56 Å². The fraction of sp³-hybridized carbons (Fsp3) is 0.333. The molecule has 7 nitrogen and oxygen atoms in total. The summed E-state index contributed by atoms with van der Waals surface area (Å²) >= 11 is 4.83. The Hall–Kier alpha value is -2.84. The molecule has 1 amide bonds. The minimum Gasteiger partial charge on any atom is -0.340 e. The zero-order valence-electron chi connectivity index (χ0n) is 16.1. The van der Waals surface area contributed by atoms with Gasteiger partial charge in [-0.15, -0.1) is 0 Å². The van der Waals surface area contributed by atoms with Crippen molar-refractivity contribution in [2.75, 3.05) is 26.2 Å². The highest BCUT2D eigenvalue weighted by atomic mass is 32.1. The maximum absolute atomic E-state index is 12.5. The van der Waals surface area contributed by atoms with Gasteiger partial charge in [-0.2, -0.15) is 5.10 Å². The predicted octanol–water partition coefficient (Wildman–Crippen LogP) is 2.26. The van der Waals surface area contributed by atoms with Crippen LogP contribution in [0.25, 0.3) is 10.8 Å². The van der Waals surface area contributed by atoms with Crippen LogP contribution in [0.3, 0.4) is 0 Å². The third-order valence-electron chi connectivity index (χ3n) is 5.36. The average Bonchev–Trinajstić information content (AvgIpc) is 2.74. The molecule has 1 aromatic heterocycles. The number of carbonyl (C=O) groups is 1. The largest absolute Gasteiger partial charge is 0.340 e. The zero-order chi connectivity index (χ0) is 20.2. The van der Waals surface area contributed by atoms with Gasteiger partial charge in [0.2, 0.25) is 5.91 Å². The minimum absolute atomic E-state index is 0.0541. The Bertz CT molecular complexity index is 1130. The number of piperazine rings is 1. The molecule has 3 aromatic rings. The third-order valence-corrected chi connectivity index (χ3v) is 5.55. The van der Waals surface area contributed by atoms with Crippen molar-refractivity contribution in [3.8, 4) is 0 Å². The summed E-state index contributed by atoms with van der Waals surface area (Å²) in [5, 5.41) is 9.03. The molecule has 0 radical (unpaired) electrons. The lowest BCUT2D eigenvalue weighted by Gasteiger charge is -2.35. The number of rotatable bonds is 5. The number of nitrogens with one attached hydrogen (secondary N) is 2. The summed E-state index contributed by atoms with van der Waals surface area (Å²) in [6.45, 7) is 3.96. The first-order valence-corrected chi connectivity index (χ1v) is 10.2. The van der Waals surface area contributed by atoms with Crippen molar-refractivity contribution in [3.63, 3.8) is 0 Å². The van der Waals surface area contributed by atoms with Crippen molar-refractivity contribution >= 4 is 28.9 Å². The first kappa shape index (κ1) is 19.5. The second kappa shape index (κ2) is 8.67. The van der Waals surface area contributed by atoms with Gasteiger partial charge in [0.25, 0.3) is 5.56 Å². The third kappa shape index (κ3) is 4.60. The van der Waals surface area contributed by atoms with Crippen LogP contribution in [-0.4, -0.2) is 57.1 Å². The molecule has 8 heteroatoms. The predicted molar refractivity (Wildman–Crippen MR) is 114 cm³/mol. The number of nitrogens with zero attached hydrogens (tertiary/aromatic N) is 3. The molecule has 0 spiro atoms. The summed E-state index contributed by atoms with van der Waals surface area (Å²) in [5.74, 6) is 0.0541. The maximum atomic E-state index is 12.5. The number of amides is 1. The first-order valence-electron chi connectivity index (χ1n) is 9.75. The van der Waals surface area contributed by atoms with E-state index in [1.807, 2.05) is 4.90 Å². The molecule has 0 saturated carbocycles. The minimum atomic E-state index is -0.332. The van der Waals surface area contributed by atoms with Crippen LogP contribution in [0.5, 0.6) is 0 Å². The lowest BCUT2D eigenvalue weighted by atomic mass is 10.0. The van der Waals surface area contributed by atoms with Crippen molar-refractivity contribution < 1.29 is 4.79 Å². The van der Waals surface area contributed by atoms with E-state index < -0.39 is 0 Å². The van der Waals surface area contributed by atoms with Gasteiger partial charge in [-0.1, -0.05) is 42.5 Å². The molecular weight excluding hydrogens is 386 g/mol. The highest BCUT2D eigenvalue weighted by molar-refractivity contribution is 7.71. The second-order valence-corrected chi connectivity index (χ2v) is 7.66. The highest BCUT2D eigenvalue weighted by Gasteiger charge is 2.21. The van der Waals surface area contributed by atoms with E-state index in [1.54, 1.807) is 0 Å². The smallest absolute Gasteiger partial charge is 0.273 e. The van der Waals surface area contributed by atoms with Crippen LogP contribution in [0.15, 0.2) is 47.3 Å². The van der Waals surface area contributed by atoms with Gasteiger partial charge in [-0.3, -0.25) is 24.6 Å². The summed E-state index contributed by atoms with van der Waals surface area (Å²) in [4.78, 5) is 31.1. The number of aromatic nitrogens is 3. The van der Waals surface area contributed by atoms with Gasteiger partial charge in [-0.05, 0) is 28.6 Å². The van der Waals surface area contributed by atoms with Gasteiger partial charge in [-0.25, -0.2) is 0 Å². The molecule has 1 aliphatic heterocycles. The van der Waals surface area contributed by atoms with Gasteiger partial charge < -0.3 is 4.90 Å². The van der Waals surface area contributed by atoms with E-state index in [9.17, 15) is 9.59 Å². The van der Waals surface area contributed by atoms with Crippen LogP contribution >= 0.6 is 12.2 Å². The van der Waals surface area contributed by atoms with Crippen molar-refractivity contribution in [3.05, 3.63) is 68.8 Å². The summed E-state index contributed by atoms with van der Waals surface area (Å²) in [7, 11) is 0. The number of aryl methyl sites for hydroxylation is 1. The number of fused-ring (bicyclic) bond motifs is 1. The second-order valence-electron chi connectivity index (χ2n) is 7.25. The van der Waals surface area contributed by atoms with E-state index >= 15 is 0 Å². The van der Waals surface area contributed by atoms with E-state index in [0.29, 0.717) is 25.2 Å². The topological polar surface area (TPSA) is 85.1 Å². The van der Waals surface area contributed by atoms with Crippen LogP contribution in [0.2, 0.25) is 0 Å². The number of hydrogen-bond acceptors (Lipinski definition) is 5. The Kier molecular flexibility index (Phi) is 5.82. The lowest BCUT2D eigenvalue weighted by molar-refractivity contribution is -0.133. The molecule has 1 fully saturated rings. The molecule has 150 valence electrons. The number of aromatic amines is 2. The van der Waals surface area contributed by atoms with E-state index in [2.05, 4.69) is 62.5 Å². The molecule has 4 rings (SSSR count). The average molecular weight is 410 g/mol. The molecule has 1 saturated heterocycles. The monoisotopic (exact) mass is 409 g/mol. The number of benzene rings is 2. The van der Waals surface area contributed by atoms with Gasteiger partial charge in [0.15, 0.2) is 4.77 Å². The molecule has 2 aromatic carbocycles. The molecule has 0 aliphatic carbocycles. The fourth-order valence-electron chi connectivity index (χ4n) is 3.75. The van der Waals surface area contributed by atoms with Crippen LogP contribution in [0.1, 0.15) is 17.7 Å². The van der Waals surface area contributed by atoms with E-state index in [0.717, 1.165) is 19.6 Å². The van der Waals surface area contributed by atoms with Crippen molar-refractivity contribution in [2.45, 2.75) is 19.4 Å². The van der Waals surface area contributed by atoms with Crippen molar-refractivity contribution in [1.82, 2.24) is 25.0 Å². The number of carbonyl (C=O) groups excluding carboxylic acids is 1. The van der Waals surface area contributed by atoms with E-state index in [1.165, 1.54) is 16.3 Å². The first-order chi connectivity index (χ1) is 14.1. The summed E-state index contributed by atoms with van der Waals surface area (Å²) in [6, 6.07) is 14.8. The molecule has 1 aliphatic rings. The molecule has 2 N–H and O–H groups in total. The molecule has 0 unspecified atom stereocenters. The Morgan fingerprint density at radius 3 is 2.62 bits per heavy atom. The summed E-state index contributed by atoms with van der Waals surface area (Å²) < 4.78 is 0.187. The standard InChI is InChI=1S/C21H23N5O2S/c27-19(9-8-18-20(28)22-21(29)24-23-18)26-12-10-25(11-13-26)14-16-6-3-5-15-4-1-2-7-17(15)16/h1-7H,8-14H2,(H2,22,24,28,29). The number of hydrogen-bond donors (Lipinski definition) is 2. The SMILES string of the molecule is O=C(CCc1n[nH]c(=S)[nH]c1=O)N1CCN(Cc2cccc3ccccc23)CC1. The zero-order valence-corrected chi connectivity index (χ0v) is 16.9. The van der Waals surface area contributed by atoms with Crippen molar-refractivity contribution in [1.29, 1.82) is 0 Å². The van der Waals surface area contributed by atoms with Gasteiger partial charge in [0.1, 0.15) is 5.69 Å². The van der Waals surface area contributed by atoms with Gasteiger partial charge >= 0.3 is 0 Å². The van der Waals surface area contributed by atoms with Crippen molar-refractivity contribution in [2.24, 2.45) is 0 Å². The normalized spacial score (nSPS) is 15.0. The molecule has 0 atom stereocenters. The van der Waals surface area contributed by atoms with E-state index in [4.69, 9.17) is 12.2 Å². The Balaban J connectivity index is 1.31. The molecule has 29 heavy (non-hydrogen) atoms. The van der Waals surface area contributed by atoms with Crippen LogP contribution in [0, 0.1) is 4.77 Å². The van der Waals surface area contributed by atoms with Crippen LogP contribution in [0.4, 0.5) is 0 Å². The fourth-order valence-corrected chi connectivity index (χ4v) is 3.89. The quantitative estimate of drug-likeness (QED) is 0.632. The molecular formula is C21H23N5O2S. The van der Waals surface area contributed by atoms with Crippen LogP contribution in [-0.2, 0) is 17.8 Å². The maximum Gasteiger partial charge on any atom is 0.273 e. The molecule has 0 bridgehead atoms. The van der Waals surface area contributed by atoms with Gasteiger partial charge in [0.05, 0.1) is 0 Å². The molecule has 2 heterocycles. The van der Waals surface area contributed by atoms with E-state index in [-0.39, 0.29) is 22.7 Å². The number of H-pyrrole nitrogens is 2. The lowest BCUT2D eigenvalue weighted by Crippen LogP contribution is -2.48. The summed E-state index contributed by atoms with van der Waals surface area (Å²) in [5.41, 5.74) is 1.29. The Morgan fingerprint density at radius 1 is 1.07 bits per heavy atom. The Labute approximate surface area is 173 Å². The summed E-state index contributed by atoms with van der Waals surface area (Å²) in [6.07, 6.45) is 0.570. The van der Waals surface area contributed by atoms with Gasteiger partial charge in [0, 0.05) is 45.6 Å². The Morgan fingerprint density at radius 2 is 1.83 bits per heavy atom.